The largest absolute Gasteiger partial charge is 0.377 e. The topological polar surface area (TPSA) is 48.7 Å². The molecule has 1 aromatic carbocycles. The van der Waals surface area contributed by atoms with Crippen molar-refractivity contribution in [3.63, 3.8) is 0 Å². The number of hydrogen-bond donors (Lipinski definition) is 1. The van der Waals surface area contributed by atoms with Gasteiger partial charge in [0.15, 0.2) is 0 Å². The van der Waals surface area contributed by atoms with E-state index in [0.717, 1.165) is 15.7 Å². The van der Waals surface area contributed by atoms with Gasteiger partial charge in [-0.1, -0.05) is 12.1 Å². The number of hydrogen-bond acceptors (Lipinski definition) is 3. The Labute approximate surface area is 115 Å². The molecule has 3 nitrogen and oxygen atoms in total. The predicted octanol–water partition coefficient (Wildman–Crippen LogP) is 3.89. The normalized spacial score (nSPS) is 11.6. The lowest BCUT2D eigenvalue weighted by Gasteiger charge is -2.15. The van der Waals surface area contributed by atoms with Crippen molar-refractivity contribution in [1.82, 2.24) is 4.98 Å². The fourth-order valence-corrected chi connectivity index (χ4v) is 2.04. The summed E-state index contributed by atoms with van der Waals surface area (Å²) in [7, 11) is 0. The Kier molecular flexibility index (Phi) is 3.96. The Hall–Kier alpha value is -1.86. The smallest absolute Gasteiger partial charge is 0.0991 e. The Balaban J connectivity index is 2.12. The van der Waals surface area contributed by atoms with Crippen LogP contribution < -0.4 is 5.32 Å². The highest BCUT2D eigenvalue weighted by atomic mass is 79.9. The molecule has 0 fully saturated rings. The van der Waals surface area contributed by atoms with Crippen LogP contribution in [-0.2, 0) is 0 Å². The molecular weight excluding hydrogens is 290 g/mol. The summed E-state index contributed by atoms with van der Waals surface area (Å²) in [6.07, 6.45) is 3.53. The zero-order valence-corrected chi connectivity index (χ0v) is 11.5. The highest BCUT2D eigenvalue weighted by molar-refractivity contribution is 9.10. The molecule has 0 aliphatic carbocycles. The van der Waals surface area contributed by atoms with E-state index in [1.165, 1.54) is 0 Å². The van der Waals surface area contributed by atoms with Crippen molar-refractivity contribution in [2.45, 2.75) is 13.0 Å². The number of nitrogens with one attached hydrogen (secondary N) is 1. The lowest BCUT2D eigenvalue weighted by atomic mass is 10.1. The maximum Gasteiger partial charge on any atom is 0.0991 e. The first-order valence-electron chi connectivity index (χ1n) is 5.56. The van der Waals surface area contributed by atoms with Gasteiger partial charge in [0.1, 0.15) is 0 Å². The molecule has 0 aliphatic heterocycles. The zero-order valence-electron chi connectivity index (χ0n) is 9.89. The van der Waals surface area contributed by atoms with Crippen LogP contribution in [0.3, 0.4) is 0 Å². The van der Waals surface area contributed by atoms with Crippen molar-refractivity contribution in [3.8, 4) is 6.07 Å². The second-order valence-corrected chi connectivity index (χ2v) is 4.91. The van der Waals surface area contributed by atoms with E-state index in [0.29, 0.717) is 5.56 Å². The summed E-state index contributed by atoms with van der Waals surface area (Å²) in [5.41, 5.74) is 2.77. The number of nitrogens with zero attached hydrogens (tertiary/aromatic N) is 2. The third-order valence-electron chi connectivity index (χ3n) is 2.63. The Morgan fingerprint density at radius 3 is 2.61 bits per heavy atom. The molecule has 1 atom stereocenters. The maximum absolute atomic E-state index is 8.75. The van der Waals surface area contributed by atoms with Gasteiger partial charge in [-0.15, -0.1) is 0 Å². The Morgan fingerprint density at radius 2 is 2.00 bits per heavy atom. The van der Waals surface area contributed by atoms with Crippen molar-refractivity contribution in [3.05, 3.63) is 58.3 Å². The molecule has 18 heavy (non-hydrogen) atoms. The molecule has 0 amide bonds. The first-order chi connectivity index (χ1) is 8.69. The second kappa shape index (κ2) is 5.65. The zero-order chi connectivity index (χ0) is 13.0. The molecule has 1 N–H and O–H groups in total. The fourth-order valence-electron chi connectivity index (χ4n) is 1.67. The van der Waals surface area contributed by atoms with E-state index in [2.05, 4.69) is 39.2 Å². The number of anilines is 1. The molecule has 1 heterocycles. The van der Waals surface area contributed by atoms with E-state index in [4.69, 9.17) is 5.26 Å². The van der Waals surface area contributed by atoms with Crippen LogP contribution in [-0.4, -0.2) is 4.98 Å². The van der Waals surface area contributed by atoms with E-state index < -0.39 is 0 Å². The number of pyridine rings is 1. The number of benzene rings is 1. The summed E-state index contributed by atoms with van der Waals surface area (Å²) >= 11 is 3.39. The molecule has 0 bridgehead atoms. The standard InChI is InChI=1S/C14H12BrN3/c1-10(12-4-2-11(7-16)3-5-12)18-14-6-13(15)8-17-9-14/h2-6,8-10,18H,1H3. The van der Waals surface area contributed by atoms with Gasteiger partial charge in [-0.2, -0.15) is 5.26 Å². The van der Waals surface area contributed by atoms with E-state index >= 15 is 0 Å². The van der Waals surface area contributed by atoms with Crippen molar-refractivity contribution in [1.29, 1.82) is 5.26 Å². The molecule has 0 aliphatic rings. The van der Waals surface area contributed by atoms with Gasteiger partial charge in [0.2, 0.25) is 0 Å². The number of halogens is 1. The minimum atomic E-state index is 0.161. The van der Waals surface area contributed by atoms with Crippen LogP contribution in [0.4, 0.5) is 5.69 Å². The third kappa shape index (κ3) is 3.08. The molecule has 0 spiro atoms. The highest BCUT2D eigenvalue weighted by Gasteiger charge is 2.05. The van der Waals surface area contributed by atoms with Gasteiger partial charge in [-0.25, -0.2) is 0 Å². The van der Waals surface area contributed by atoms with Crippen LogP contribution in [0.15, 0.2) is 47.2 Å². The lowest BCUT2D eigenvalue weighted by Crippen LogP contribution is -2.06. The molecule has 0 saturated heterocycles. The molecule has 0 radical (unpaired) electrons. The van der Waals surface area contributed by atoms with Crippen molar-refractivity contribution >= 4 is 21.6 Å². The summed E-state index contributed by atoms with van der Waals surface area (Å²) in [6.45, 7) is 2.07. The van der Waals surface area contributed by atoms with Crippen LogP contribution in [0.1, 0.15) is 24.1 Å². The van der Waals surface area contributed by atoms with Crippen molar-refractivity contribution < 1.29 is 0 Å². The first-order valence-corrected chi connectivity index (χ1v) is 6.35. The SMILES string of the molecule is CC(Nc1cncc(Br)c1)c1ccc(C#N)cc1. The fraction of sp³-hybridized carbons (Fsp3) is 0.143. The average molecular weight is 302 g/mol. The van der Waals surface area contributed by atoms with Gasteiger partial charge in [0.25, 0.3) is 0 Å². The van der Waals surface area contributed by atoms with Gasteiger partial charge in [-0.05, 0) is 46.6 Å². The summed E-state index contributed by atoms with van der Waals surface area (Å²) in [6, 6.07) is 11.8. The van der Waals surface area contributed by atoms with E-state index in [-0.39, 0.29) is 6.04 Å². The van der Waals surface area contributed by atoms with Crippen LogP contribution >= 0.6 is 15.9 Å². The first kappa shape index (κ1) is 12.6. The lowest BCUT2D eigenvalue weighted by molar-refractivity contribution is 0.882. The molecule has 2 rings (SSSR count). The molecule has 0 saturated carbocycles. The summed E-state index contributed by atoms with van der Waals surface area (Å²) in [5.74, 6) is 0. The Morgan fingerprint density at radius 1 is 1.28 bits per heavy atom. The van der Waals surface area contributed by atoms with Gasteiger partial charge >= 0.3 is 0 Å². The van der Waals surface area contributed by atoms with Gasteiger partial charge in [0, 0.05) is 16.7 Å². The number of aromatic nitrogens is 1. The maximum atomic E-state index is 8.75. The van der Waals surface area contributed by atoms with Crippen molar-refractivity contribution in [2.24, 2.45) is 0 Å². The second-order valence-electron chi connectivity index (χ2n) is 3.99. The molecule has 1 unspecified atom stereocenters. The minimum absolute atomic E-state index is 0.161. The van der Waals surface area contributed by atoms with E-state index in [1.54, 1.807) is 12.4 Å². The van der Waals surface area contributed by atoms with Gasteiger partial charge < -0.3 is 5.32 Å². The summed E-state index contributed by atoms with van der Waals surface area (Å²) in [5, 5.41) is 12.1. The number of nitriles is 1. The van der Waals surface area contributed by atoms with Gasteiger partial charge in [-0.3, -0.25) is 4.98 Å². The van der Waals surface area contributed by atoms with E-state index in [9.17, 15) is 0 Å². The van der Waals surface area contributed by atoms with Crippen LogP contribution in [0.5, 0.6) is 0 Å². The summed E-state index contributed by atoms with van der Waals surface area (Å²) in [4.78, 5) is 4.11. The quantitative estimate of drug-likeness (QED) is 0.935. The monoisotopic (exact) mass is 301 g/mol. The predicted molar refractivity (Wildman–Crippen MR) is 75.1 cm³/mol. The Bertz CT molecular complexity index is 572. The van der Waals surface area contributed by atoms with Crippen LogP contribution in [0, 0.1) is 11.3 Å². The van der Waals surface area contributed by atoms with Crippen molar-refractivity contribution in [2.75, 3.05) is 5.32 Å². The minimum Gasteiger partial charge on any atom is -0.377 e. The third-order valence-corrected chi connectivity index (χ3v) is 3.06. The van der Waals surface area contributed by atoms with E-state index in [1.807, 2.05) is 30.3 Å². The summed E-state index contributed by atoms with van der Waals surface area (Å²) < 4.78 is 0.944. The molecule has 1 aromatic heterocycles. The molecule has 2 aromatic rings. The van der Waals surface area contributed by atoms with Crippen LogP contribution in [0.2, 0.25) is 0 Å². The highest BCUT2D eigenvalue weighted by Crippen LogP contribution is 2.21. The average Bonchev–Trinajstić information content (AvgIpc) is 2.39. The molecule has 4 heteroatoms. The van der Waals surface area contributed by atoms with Gasteiger partial charge in [0.05, 0.1) is 23.5 Å². The van der Waals surface area contributed by atoms with Crippen LogP contribution in [0.25, 0.3) is 0 Å². The molecule has 90 valence electrons. The number of rotatable bonds is 3. The molecular formula is C14H12BrN3.